The molecule has 0 aliphatic heterocycles. The molecule has 1 heteroatoms. The van der Waals surface area contributed by atoms with Crippen molar-refractivity contribution in [2.75, 3.05) is 0 Å². The third kappa shape index (κ3) is 3.10. The molecule has 1 N–H and O–H groups in total. The first-order chi connectivity index (χ1) is 9.61. The van der Waals surface area contributed by atoms with Crippen molar-refractivity contribution in [3.8, 4) is 11.1 Å². The highest BCUT2D eigenvalue weighted by atomic mass is 14.9. The van der Waals surface area contributed by atoms with Crippen molar-refractivity contribution in [1.82, 2.24) is 5.32 Å². The molecule has 0 amide bonds. The fraction of sp³-hybridized carbons (Fsp3) is 0.368. The molecular weight excluding hydrogens is 242 g/mol. The Morgan fingerprint density at radius 3 is 2.30 bits per heavy atom. The number of hydrogen-bond acceptors (Lipinski definition) is 1. The van der Waals surface area contributed by atoms with Crippen molar-refractivity contribution in [2.24, 2.45) is 0 Å². The van der Waals surface area contributed by atoms with E-state index in [2.05, 4.69) is 62.5 Å². The van der Waals surface area contributed by atoms with Crippen molar-refractivity contribution in [2.45, 2.75) is 46.2 Å². The molecule has 1 saturated carbocycles. The summed E-state index contributed by atoms with van der Waals surface area (Å²) in [7, 11) is 0. The van der Waals surface area contributed by atoms with Crippen LogP contribution in [-0.2, 0) is 6.54 Å². The van der Waals surface area contributed by atoms with Crippen LogP contribution in [0, 0.1) is 20.8 Å². The normalized spacial score (nSPS) is 14.6. The Morgan fingerprint density at radius 1 is 0.950 bits per heavy atom. The quantitative estimate of drug-likeness (QED) is 0.856. The summed E-state index contributed by atoms with van der Waals surface area (Å²) in [6.07, 6.45) is 2.69. The second-order valence-corrected chi connectivity index (χ2v) is 6.18. The summed E-state index contributed by atoms with van der Waals surface area (Å²) in [4.78, 5) is 0. The van der Waals surface area contributed by atoms with Crippen molar-refractivity contribution >= 4 is 0 Å². The third-order valence-corrected chi connectivity index (χ3v) is 4.01. The van der Waals surface area contributed by atoms with Crippen LogP contribution in [-0.4, -0.2) is 6.04 Å². The minimum absolute atomic E-state index is 0.765. The largest absolute Gasteiger partial charge is 0.310 e. The van der Waals surface area contributed by atoms with E-state index in [-0.39, 0.29) is 0 Å². The summed E-state index contributed by atoms with van der Waals surface area (Å²) >= 11 is 0. The first-order valence-corrected chi connectivity index (χ1v) is 7.53. The Kier molecular flexibility index (Phi) is 3.62. The molecule has 1 nitrogen and oxygen atoms in total. The van der Waals surface area contributed by atoms with Gasteiger partial charge in [0, 0.05) is 12.6 Å². The maximum atomic E-state index is 3.59. The van der Waals surface area contributed by atoms with Crippen molar-refractivity contribution in [3.05, 3.63) is 58.7 Å². The Labute approximate surface area is 122 Å². The van der Waals surface area contributed by atoms with Crippen LogP contribution in [0.4, 0.5) is 0 Å². The van der Waals surface area contributed by atoms with Crippen molar-refractivity contribution in [3.63, 3.8) is 0 Å². The minimum Gasteiger partial charge on any atom is -0.310 e. The second kappa shape index (κ2) is 5.41. The molecule has 0 bridgehead atoms. The van der Waals surface area contributed by atoms with Gasteiger partial charge in [-0.25, -0.2) is 0 Å². The smallest absolute Gasteiger partial charge is 0.0208 e. The SMILES string of the molecule is Cc1cc(C)cc(-c2cc(CNC3CC3)ccc2C)c1. The van der Waals surface area contributed by atoms with E-state index in [0.29, 0.717) is 0 Å². The van der Waals surface area contributed by atoms with E-state index >= 15 is 0 Å². The predicted molar refractivity (Wildman–Crippen MR) is 86.0 cm³/mol. The summed E-state index contributed by atoms with van der Waals surface area (Å²) in [5, 5.41) is 3.59. The van der Waals surface area contributed by atoms with Crippen molar-refractivity contribution < 1.29 is 0 Å². The maximum absolute atomic E-state index is 3.59. The fourth-order valence-corrected chi connectivity index (χ4v) is 2.77. The van der Waals surface area contributed by atoms with Gasteiger partial charge >= 0.3 is 0 Å². The van der Waals surface area contributed by atoms with Crippen LogP contribution in [0.15, 0.2) is 36.4 Å². The standard InChI is InChI=1S/C19H23N/c1-13-8-14(2)10-17(9-13)19-11-16(5-4-15(19)3)12-20-18-6-7-18/h4-5,8-11,18,20H,6-7,12H2,1-3H3. The average molecular weight is 265 g/mol. The molecule has 1 fully saturated rings. The lowest BCUT2D eigenvalue weighted by molar-refractivity contribution is 0.688. The molecular formula is C19H23N. The monoisotopic (exact) mass is 265 g/mol. The zero-order valence-corrected chi connectivity index (χ0v) is 12.7. The number of nitrogens with one attached hydrogen (secondary N) is 1. The third-order valence-electron chi connectivity index (χ3n) is 4.01. The highest BCUT2D eigenvalue weighted by molar-refractivity contribution is 5.69. The molecule has 1 aliphatic carbocycles. The van der Waals surface area contributed by atoms with Crippen LogP contribution in [0.1, 0.15) is 35.1 Å². The molecule has 0 atom stereocenters. The number of hydrogen-bond donors (Lipinski definition) is 1. The van der Waals surface area contributed by atoms with Crippen LogP contribution >= 0.6 is 0 Å². The molecule has 0 unspecified atom stereocenters. The number of aryl methyl sites for hydroxylation is 3. The second-order valence-electron chi connectivity index (χ2n) is 6.18. The zero-order valence-electron chi connectivity index (χ0n) is 12.7. The van der Waals surface area contributed by atoms with E-state index in [1.54, 1.807) is 0 Å². The lowest BCUT2D eigenvalue weighted by Gasteiger charge is -2.11. The van der Waals surface area contributed by atoms with Gasteiger partial charge in [-0.2, -0.15) is 0 Å². The summed E-state index contributed by atoms with van der Waals surface area (Å²) in [6.45, 7) is 7.53. The van der Waals surface area contributed by atoms with Gasteiger partial charge in [-0.05, 0) is 61.9 Å². The molecule has 0 saturated heterocycles. The molecule has 104 valence electrons. The summed E-state index contributed by atoms with van der Waals surface area (Å²) in [5.74, 6) is 0. The molecule has 2 aromatic rings. The molecule has 0 heterocycles. The Bertz CT molecular complexity index is 603. The van der Waals surface area contributed by atoms with Gasteiger partial charge in [0.2, 0.25) is 0 Å². The van der Waals surface area contributed by atoms with Crippen LogP contribution < -0.4 is 5.32 Å². The predicted octanol–water partition coefficient (Wildman–Crippen LogP) is 4.53. The molecule has 0 spiro atoms. The van der Waals surface area contributed by atoms with E-state index in [1.807, 2.05) is 0 Å². The molecule has 20 heavy (non-hydrogen) atoms. The van der Waals surface area contributed by atoms with Gasteiger partial charge in [0.1, 0.15) is 0 Å². The summed E-state index contributed by atoms with van der Waals surface area (Å²) in [5.41, 5.74) is 8.11. The lowest BCUT2D eigenvalue weighted by atomic mass is 9.95. The Hall–Kier alpha value is -1.60. The van der Waals surface area contributed by atoms with E-state index in [1.165, 1.54) is 46.2 Å². The van der Waals surface area contributed by atoms with Crippen LogP contribution in [0.3, 0.4) is 0 Å². The molecule has 2 aromatic carbocycles. The number of benzene rings is 2. The average Bonchev–Trinajstić information content (AvgIpc) is 3.20. The molecule has 0 radical (unpaired) electrons. The van der Waals surface area contributed by atoms with Crippen LogP contribution in [0.25, 0.3) is 11.1 Å². The molecule has 3 rings (SSSR count). The van der Waals surface area contributed by atoms with E-state index in [0.717, 1.165) is 12.6 Å². The highest BCUT2D eigenvalue weighted by Gasteiger charge is 2.20. The van der Waals surface area contributed by atoms with Gasteiger partial charge in [0.05, 0.1) is 0 Å². The molecule has 1 aliphatic rings. The molecule has 0 aromatic heterocycles. The highest BCUT2D eigenvalue weighted by Crippen LogP contribution is 2.27. The van der Waals surface area contributed by atoms with Gasteiger partial charge in [-0.15, -0.1) is 0 Å². The maximum Gasteiger partial charge on any atom is 0.0208 e. The Morgan fingerprint density at radius 2 is 1.65 bits per heavy atom. The fourth-order valence-electron chi connectivity index (χ4n) is 2.77. The van der Waals surface area contributed by atoms with E-state index in [9.17, 15) is 0 Å². The lowest BCUT2D eigenvalue weighted by Crippen LogP contribution is -2.15. The van der Waals surface area contributed by atoms with Gasteiger partial charge in [-0.3, -0.25) is 0 Å². The van der Waals surface area contributed by atoms with Crippen LogP contribution in [0.2, 0.25) is 0 Å². The summed E-state index contributed by atoms with van der Waals surface area (Å²) in [6, 6.07) is 14.4. The van der Waals surface area contributed by atoms with E-state index < -0.39 is 0 Å². The van der Waals surface area contributed by atoms with Gasteiger partial charge in [-0.1, -0.05) is 41.5 Å². The first-order valence-electron chi connectivity index (χ1n) is 7.53. The Balaban J connectivity index is 1.91. The van der Waals surface area contributed by atoms with Gasteiger partial charge in [0.25, 0.3) is 0 Å². The van der Waals surface area contributed by atoms with E-state index in [4.69, 9.17) is 0 Å². The van der Waals surface area contributed by atoms with Gasteiger partial charge in [0.15, 0.2) is 0 Å². The van der Waals surface area contributed by atoms with Crippen molar-refractivity contribution in [1.29, 1.82) is 0 Å². The zero-order chi connectivity index (χ0) is 14.1. The number of rotatable bonds is 4. The van der Waals surface area contributed by atoms with Gasteiger partial charge < -0.3 is 5.32 Å². The van der Waals surface area contributed by atoms with Crippen LogP contribution in [0.5, 0.6) is 0 Å². The minimum atomic E-state index is 0.765. The topological polar surface area (TPSA) is 12.0 Å². The first kappa shape index (κ1) is 13.4. The summed E-state index contributed by atoms with van der Waals surface area (Å²) < 4.78 is 0.